The van der Waals surface area contributed by atoms with Crippen molar-refractivity contribution in [3.8, 4) is 0 Å². The van der Waals surface area contributed by atoms with E-state index in [2.05, 4.69) is 10.6 Å². The summed E-state index contributed by atoms with van der Waals surface area (Å²) in [5, 5.41) is 14.1. The Hall–Kier alpha value is -3.22. The maximum absolute atomic E-state index is 14.4. The third-order valence-electron chi connectivity index (χ3n) is 5.40. The van der Waals surface area contributed by atoms with E-state index in [-0.39, 0.29) is 17.3 Å². The van der Waals surface area contributed by atoms with Crippen LogP contribution >= 0.6 is 0 Å². The molecule has 2 amide bonds. The Morgan fingerprint density at radius 1 is 1.03 bits per heavy atom. The average Bonchev–Trinajstić information content (AvgIpc) is 3.19. The molecule has 0 heterocycles. The van der Waals surface area contributed by atoms with Gasteiger partial charge in [0, 0.05) is 16.8 Å². The molecule has 2 aromatic rings. The Balaban J connectivity index is 1.75. The zero-order valence-electron chi connectivity index (χ0n) is 16.1. The van der Waals surface area contributed by atoms with Crippen molar-refractivity contribution < 1.29 is 23.9 Å². The molecule has 6 nitrogen and oxygen atoms in total. The lowest BCUT2D eigenvalue weighted by Gasteiger charge is -2.28. The van der Waals surface area contributed by atoms with E-state index in [0.29, 0.717) is 24.1 Å². The molecule has 0 aromatic heterocycles. The fourth-order valence-electron chi connectivity index (χ4n) is 3.74. The molecule has 0 aliphatic heterocycles. The Bertz CT molecular complexity index is 921. The minimum Gasteiger partial charge on any atom is -0.480 e. The summed E-state index contributed by atoms with van der Waals surface area (Å²) in [6.45, 7) is 1.37. The smallest absolute Gasteiger partial charge is 0.325 e. The Morgan fingerprint density at radius 3 is 2.24 bits per heavy atom. The number of nitrogens with one attached hydrogen (secondary N) is 2. The summed E-state index contributed by atoms with van der Waals surface area (Å²) < 4.78 is 14.4. The zero-order valence-corrected chi connectivity index (χ0v) is 16.1. The third-order valence-corrected chi connectivity index (χ3v) is 5.40. The van der Waals surface area contributed by atoms with Crippen molar-refractivity contribution in [1.82, 2.24) is 5.32 Å². The third kappa shape index (κ3) is 4.29. The van der Waals surface area contributed by atoms with Gasteiger partial charge in [-0.25, -0.2) is 4.39 Å². The molecule has 0 bridgehead atoms. The molecule has 3 N–H and O–H groups in total. The standard InChI is InChI=1S/C22H23FN2O4/c1-14(20(27)28)24-19(26)15-8-10-16(11-9-15)25-21(29)22(12-4-5-13-22)17-6-2-3-7-18(17)23/h2-3,6-11,14H,4-5,12-13H2,1H3,(H,24,26)(H,25,29)(H,27,28). The van der Waals surface area contributed by atoms with Crippen LogP contribution in [0.4, 0.5) is 10.1 Å². The van der Waals surface area contributed by atoms with Crippen LogP contribution < -0.4 is 10.6 Å². The van der Waals surface area contributed by atoms with Crippen molar-refractivity contribution in [2.45, 2.75) is 44.1 Å². The number of carbonyl (C=O) groups excluding carboxylic acids is 2. The van der Waals surface area contributed by atoms with Gasteiger partial charge < -0.3 is 15.7 Å². The van der Waals surface area contributed by atoms with Crippen LogP contribution in [0.25, 0.3) is 0 Å². The van der Waals surface area contributed by atoms with Gasteiger partial charge in [0.1, 0.15) is 11.9 Å². The molecule has 0 spiro atoms. The average molecular weight is 398 g/mol. The summed E-state index contributed by atoms with van der Waals surface area (Å²) in [5.74, 6) is -2.30. The van der Waals surface area contributed by atoms with Gasteiger partial charge in [-0.2, -0.15) is 0 Å². The first-order valence-corrected chi connectivity index (χ1v) is 9.54. The number of benzene rings is 2. The highest BCUT2D eigenvalue weighted by Gasteiger charge is 2.44. The molecule has 29 heavy (non-hydrogen) atoms. The second kappa shape index (κ2) is 8.43. The van der Waals surface area contributed by atoms with Crippen LogP contribution in [0.2, 0.25) is 0 Å². The quantitative estimate of drug-likeness (QED) is 0.694. The number of halogens is 1. The first-order valence-electron chi connectivity index (χ1n) is 9.54. The second-order valence-corrected chi connectivity index (χ2v) is 7.33. The van der Waals surface area contributed by atoms with Crippen LogP contribution in [0.5, 0.6) is 0 Å². The van der Waals surface area contributed by atoms with E-state index in [1.807, 2.05) is 0 Å². The monoisotopic (exact) mass is 398 g/mol. The molecule has 2 aromatic carbocycles. The van der Waals surface area contributed by atoms with Gasteiger partial charge >= 0.3 is 5.97 Å². The first kappa shape index (κ1) is 20.5. The molecule has 1 unspecified atom stereocenters. The molecular formula is C22H23FN2O4. The molecule has 7 heteroatoms. The number of hydrogen-bond donors (Lipinski definition) is 3. The predicted molar refractivity (Wildman–Crippen MR) is 106 cm³/mol. The highest BCUT2D eigenvalue weighted by atomic mass is 19.1. The van der Waals surface area contributed by atoms with E-state index in [0.717, 1.165) is 12.8 Å². The maximum atomic E-state index is 14.4. The van der Waals surface area contributed by atoms with Crippen molar-refractivity contribution in [3.05, 3.63) is 65.5 Å². The molecule has 0 saturated heterocycles. The van der Waals surface area contributed by atoms with Crippen LogP contribution in [0.15, 0.2) is 48.5 Å². The molecule has 152 valence electrons. The van der Waals surface area contributed by atoms with Gasteiger partial charge in [0.15, 0.2) is 0 Å². The lowest BCUT2D eigenvalue weighted by Crippen LogP contribution is -2.39. The number of carbonyl (C=O) groups is 3. The summed E-state index contributed by atoms with van der Waals surface area (Å²) in [6, 6.07) is 11.5. The van der Waals surface area contributed by atoms with E-state index < -0.39 is 23.3 Å². The van der Waals surface area contributed by atoms with Crippen LogP contribution in [0, 0.1) is 5.82 Å². The molecule has 1 aliphatic rings. The maximum Gasteiger partial charge on any atom is 0.325 e. The van der Waals surface area contributed by atoms with Gasteiger partial charge in [-0.1, -0.05) is 31.0 Å². The van der Waals surface area contributed by atoms with Crippen LogP contribution in [-0.4, -0.2) is 28.9 Å². The topological polar surface area (TPSA) is 95.5 Å². The number of carboxylic acid groups (broad SMARTS) is 1. The summed E-state index contributed by atoms with van der Waals surface area (Å²) >= 11 is 0. The van der Waals surface area contributed by atoms with Gasteiger partial charge in [-0.3, -0.25) is 14.4 Å². The fraction of sp³-hybridized carbons (Fsp3) is 0.318. The summed E-state index contributed by atoms with van der Waals surface area (Å²) in [4.78, 5) is 36.0. The van der Waals surface area contributed by atoms with Crippen LogP contribution in [-0.2, 0) is 15.0 Å². The SMILES string of the molecule is CC(NC(=O)c1ccc(NC(=O)C2(c3ccccc3F)CCCC2)cc1)C(=O)O. The number of aliphatic carboxylic acids is 1. The number of anilines is 1. The second-order valence-electron chi connectivity index (χ2n) is 7.33. The highest BCUT2D eigenvalue weighted by molar-refractivity contribution is 6.00. The van der Waals surface area contributed by atoms with Crippen molar-refractivity contribution in [2.24, 2.45) is 0 Å². The Labute approximate surface area is 168 Å². The number of rotatable bonds is 6. The molecule has 1 saturated carbocycles. The molecule has 1 atom stereocenters. The number of amides is 2. The van der Waals surface area contributed by atoms with E-state index in [9.17, 15) is 18.8 Å². The van der Waals surface area contributed by atoms with E-state index >= 15 is 0 Å². The summed E-state index contributed by atoms with van der Waals surface area (Å²) in [6.07, 6.45) is 2.85. The minimum atomic E-state index is -1.13. The van der Waals surface area contributed by atoms with Crippen molar-refractivity contribution >= 4 is 23.5 Å². The van der Waals surface area contributed by atoms with Crippen molar-refractivity contribution in [3.63, 3.8) is 0 Å². The predicted octanol–water partition coefficient (Wildman–Crippen LogP) is 3.48. The molecule has 0 radical (unpaired) electrons. The van der Waals surface area contributed by atoms with E-state index in [1.54, 1.807) is 30.3 Å². The van der Waals surface area contributed by atoms with Crippen LogP contribution in [0.1, 0.15) is 48.5 Å². The lowest BCUT2D eigenvalue weighted by atomic mass is 9.77. The fourth-order valence-corrected chi connectivity index (χ4v) is 3.74. The van der Waals surface area contributed by atoms with Gasteiger partial charge in [0.25, 0.3) is 5.91 Å². The van der Waals surface area contributed by atoms with Crippen molar-refractivity contribution in [2.75, 3.05) is 5.32 Å². The normalized spacial score (nSPS) is 16.1. The van der Waals surface area contributed by atoms with Gasteiger partial charge in [-0.15, -0.1) is 0 Å². The summed E-state index contributed by atoms with van der Waals surface area (Å²) in [5.41, 5.74) is 0.271. The number of carboxylic acids is 1. The Kier molecular flexibility index (Phi) is 5.96. The Morgan fingerprint density at radius 2 is 1.66 bits per heavy atom. The highest BCUT2D eigenvalue weighted by Crippen LogP contribution is 2.43. The number of hydrogen-bond acceptors (Lipinski definition) is 3. The van der Waals surface area contributed by atoms with Crippen molar-refractivity contribution in [1.29, 1.82) is 0 Å². The van der Waals surface area contributed by atoms with E-state index in [4.69, 9.17) is 5.11 Å². The lowest BCUT2D eigenvalue weighted by molar-refractivity contribution is -0.138. The van der Waals surface area contributed by atoms with Gasteiger partial charge in [0.2, 0.25) is 5.91 Å². The van der Waals surface area contributed by atoms with Gasteiger partial charge in [-0.05, 0) is 50.1 Å². The zero-order chi connectivity index (χ0) is 21.0. The molecule has 3 rings (SSSR count). The van der Waals surface area contributed by atoms with E-state index in [1.165, 1.54) is 25.1 Å². The molecule has 1 fully saturated rings. The molecule has 1 aliphatic carbocycles. The largest absolute Gasteiger partial charge is 0.480 e. The summed E-state index contributed by atoms with van der Waals surface area (Å²) in [7, 11) is 0. The first-order chi connectivity index (χ1) is 13.8. The minimum absolute atomic E-state index is 0.267. The van der Waals surface area contributed by atoms with Gasteiger partial charge in [0.05, 0.1) is 5.41 Å². The van der Waals surface area contributed by atoms with Crippen LogP contribution in [0.3, 0.4) is 0 Å². The molecular weight excluding hydrogens is 375 g/mol.